The van der Waals surface area contributed by atoms with E-state index in [9.17, 15) is 29.2 Å². The second-order valence-corrected chi connectivity index (χ2v) is 14.6. The molecule has 12 heteroatoms. The Morgan fingerprint density at radius 3 is 2.12 bits per heavy atom. The maximum atomic E-state index is 12.5. The van der Waals surface area contributed by atoms with Crippen molar-refractivity contribution < 1.29 is 52.9 Å². The Bertz CT molecular complexity index is 1010. The quantitative estimate of drug-likeness (QED) is 0.0252. The molecule has 11 nitrogen and oxygen atoms in total. The first kappa shape index (κ1) is 45.1. The fourth-order valence-corrected chi connectivity index (χ4v) is 6.31. The monoisotopic (exact) mass is 716 g/mol. The molecule has 1 rings (SSSR count). The summed E-state index contributed by atoms with van der Waals surface area (Å²) in [5.74, 6) is -1.61. The average molecular weight is 717 g/mol. The number of ketones is 1. The average Bonchev–Trinajstić information content (AvgIpc) is 3.32. The third-order valence-electron chi connectivity index (χ3n) is 8.84. The minimum Gasteiger partial charge on any atom is -0.462 e. The number of hydrogen-bond acceptors (Lipinski definition) is 9. The van der Waals surface area contributed by atoms with Crippen LogP contribution in [0, 0.1) is 11.8 Å². The first-order valence-corrected chi connectivity index (χ1v) is 20.3. The predicted molar refractivity (Wildman–Crippen MR) is 189 cm³/mol. The van der Waals surface area contributed by atoms with Crippen molar-refractivity contribution in [1.29, 1.82) is 0 Å². The van der Waals surface area contributed by atoms with Crippen molar-refractivity contribution in [3.63, 3.8) is 0 Å². The number of rotatable bonds is 30. The third-order valence-corrected chi connectivity index (χ3v) is 9.32. The smallest absolute Gasteiger partial charge is 0.462 e. The van der Waals surface area contributed by atoms with Gasteiger partial charge in [0.2, 0.25) is 0 Å². The number of aliphatic hydroxyl groups excluding tert-OH is 2. The topological polar surface area (TPSA) is 177 Å². The lowest BCUT2D eigenvalue weighted by molar-refractivity contribution is -0.161. The number of ether oxygens (including phenoxy) is 2. The molecule has 0 bridgehead atoms. The zero-order chi connectivity index (χ0) is 36.3. The van der Waals surface area contributed by atoms with E-state index in [1.165, 1.54) is 12.8 Å². The summed E-state index contributed by atoms with van der Waals surface area (Å²) in [6.45, 7) is 3.31. The minimum absolute atomic E-state index is 0.0344. The number of Topliss-reactive ketones (excluding diaryl/α,β-unsaturated/α-hetero) is 1. The van der Waals surface area contributed by atoms with Crippen LogP contribution in [0.5, 0.6) is 0 Å². The molecule has 5 atom stereocenters. The van der Waals surface area contributed by atoms with Crippen molar-refractivity contribution in [2.45, 2.75) is 167 Å². The second kappa shape index (κ2) is 27.8. The Morgan fingerprint density at radius 1 is 0.837 bits per heavy atom. The summed E-state index contributed by atoms with van der Waals surface area (Å²) in [7, 11) is -4.82. The Kier molecular flexibility index (Phi) is 25.6. The summed E-state index contributed by atoms with van der Waals surface area (Å²) in [5, 5.41) is 20.6. The van der Waals surface area contributed by atoms with Gasteiger partial charge in [0.25, 0.3) is 0 Å². The first-order chi connectivity index (χ1) is 23.5. The van der Waals surface area contributed by atoms with Gasteiger partial charge in [0.05, 0.1) is 18.8 Å². The van der Waals surface area contributed by atoms with Crippen LogP contribution in [0.4, 0.5) is 0 Å². The minimum atomic E-state index is -4.82. The van der Waals surface area contributed by atoms with Crippen molar-refractivity contribution in [2.75, 3.05) is 13.2 Å². The second-order valence-electron chi connectivity index (χ2n) is 13.3. The molecule has 4 N–H and O–H groups in total. The highest BCUT2D eigenvalue weighted by atomic mass is 31.2. The molecule has 0 aliphatic heterocycles. The normalized spacial score (nSPS) is 19.6. The number of hydrogen-bond donors (Lipinski definition) is 4. The van der Waals surface area contributed by atoms with Crippen LogP contribution in [0.25, 0.3) is 0 Å². The van der Waals surface area contributed by atoms with E-state index in [0.717, 1.165) is 70.6 Å². The molecular weight excluding hydrogens is 651 g/mol. The Hall–Kier alpha value is -1.88. The van der Waals surface area contributed by atoms with Gasteiger partial charge in [-0.05, 0) is 44.9 Å². The number of carbonyl (C=O) groups is 3. The summed E-state index contributed by atoms with van der Waals surface area (Å²) in [6, 6.07) is 0. The molecule has 0 aromatic heterocycles. The van der Waals surface area contributed by atoms with E-state index in [1.807, 2.05) is 0 Å². The molecule has 1 saturated carbocycles. The van der Waals surface area contributed by atoms with E-state index in [2.05, 4.69) is 30.5 Å². The van der Waals surface area contributed by atoms with Gasteiger partial charge in [-0.2, -0.15) is 0 Å². The van der Waals surface area contributed by atoms with Crippen LogP contribution in [0.3, 0.4) is 0 Å². The van der Waals surface area contributed by atoms with E-state index in [1.54, 1.807) is 12.2 Å². The molecule has 0 radical (unpaired) electrons. The molecule has 1 aliphatic carbocycles. The van der Waals surface area contributed by atoms with E-state index >= 15 is 0 Å². The molecule has 0 spiro atoms. The van der Waals surface area contributed by atoms with Crippen LogP contribution in [0.1, 0.15) is 149 Å². The van der Waals surface area contributed by atoms with Gasteiger partial charge in [-0.1, -0.05) is 109 Å². The molecule has 284 valence electrons. The maximum Gasteiger partial charge on any atom is 0.469 e. The lowest BCUT2D eigenvalue weighted by atomic mass is 9.88. The van der Waals surface area contributed by atoms with Crippen LogP contribution < -0.4 is 0 Å². The first-order valence-electron chi connectivity index (χ1n) is 18.7. The van der Waals surface area contributed by atoms with Crippen LogP contribution in [-0.4, -0.2) is 69.2 Å². The van der Waals surface area contributed by atoms with Crippen molar-refractivity contribution in [3.05, 3.63) is 24.3 Å². The Balaban J connectivity index is 2.34. The van der Waals surface area contributed by atoms with Gasteiger partial charge in [-0.3, -0.25) is 18.9 Å². The molecule has 0 aromatic rings. The van der Waals surface area contributed by atoms with Crippen molar-refractivity contribution >= 4 is 25.5 Å². The zero-order valence-corrected chi connectivity index (χ0v) is 30.9. The number of carbonyl (C=O) groups excluding carboxylic acids is 3. The van der Waals surface area contributed by atoms with Crippen molar-refractivity contribution in [2.24, 2.45) is 11.8 Å². The van der Waals surface area contributed by atoms with Gasteiger partial charge < -0.3 is 29.5 Å². The molecule has 1 aliphatic rings. The van der Waals surface area contributed by atoms with E-state index in [0.29, 0.717) is 32.1 Å². The van der Waals surface area contributed by atoms with Crippen LogP contribution in [0.15, 0.2) is 24.3 Å². The van der Waals surface area contributed by atoms with E-state index in [-0.39, 0.29) is 43.5 Å². The van der Waals surface area contributed by atoms with Gasteiger partial charge in [-0.25, -0.2) is 4.57 Å². The lowest BCUT2D eigenvalue weighted by Crippen LogP contribution is -2.29. The SMILES string of the molecule is CCCC/C=C\CCCCCCCC(=O)OC[C@H](COP(=O)(O)O)OC(=O)CCCCCC[C@H]1C(=O)C[C@@H](O)[C@@H]1/C=C/[C@@H](O)CCCCC. The molecule has 1 fully saturated rings. The lowest BCUT2D eigenvalue weighted by Gasteiger charge is -2.19. The number of aliphatic hydroxyl groups is 2. The molecule has 49 heavy (non-hydrogen) atoms. The predicted octanol–water partition coefficient (Wildman–Crippen LogP) is 7.43. The van der Waals surface area contributed by atoms with Gasteiger partial charge in [-0.15, -0.1) is 0 Å². The number of unbranched alkanes of at least 4 members (excludes halogenated alkanes) is 12. The van der Waals surface area contributed by atoms with Gasteiger partial charge in [0.15, 0.2) is 6.10 Å². The van der Waals surface area contributed by atoms with Crippen LogP contribution in [-0.2, 0) is 32.9 Å². The molecule has 0 unspecified atom stereocenters. The maximum absolute atomic E-state index is 12.5. The number of allylic oxidation sites excluding steroid dienone is 2. The zero-order valence-electron chi connectivity index (χ0n) is 30.1. The summed E-state index contributed by atoms with van der Waals surface area (Å²) in [4.78, 5) is 55.3. The summed E-state index contributed by atoms with van der Waals surface area (Å²) >= 11 is 0. The molecule has 0 heterocycles. The fraction of sp³-hybridized carbons (Fsp3) is 0.811. The van der Waals surface area contributed by atoms with Crippen LogP contribution >= 0.6 is 7.82 Å². The standard InChI is InChI=1S/C37H65O11P/c1-3-5-7-8-9-10-11-12-13-14-19-23-36(41)46-28-31(29-47-49(43,44)45)48-37(42)24-20-16-15-18-22-32-33(35(40)27-34(32)39)26-25-30(38)21-17-6-4-2/h8-9,25-26,30-33,35,38,40H,3-7,10-24,27-29H2,1-2H3,(H2,43,44,45)/b9-8-,26-25+/t30-,31+,32+,33+,35+/m0/s1. The summed E-state index contributed by atoms with van der Waals surface area (Å²) in [5.41, 5.74) is 0. The highest BCUT2D eigenvalue weighted by Gasteiger charge is 2.39. The molecule has 0 saturated heterocycles. The number of esters is 2. The Labute approximate surface area is 294 Å². The fourth-order valence-electron chi connectivity index (χ4n) is 5.95. The number of phosphoric acid groups is 1. The van der Waals surface area contributed by atoms with Crippen LogP contribution in [0.2, 0.25) is 0 Å². The van der Waals surface area contributed by atoms with E-state index < -0.39 is 44.7 Å². The van der Waals surface area contributed by atoms with Crippen molar-refractivity contribution in [1.82, 2.24) is 0 Å². The molecule has 0 amide bonds. The molecular formula is C37H65O11P. The van der Waals surface area contributed by atoms with E-state index in [4.69, 9.17) is 19.3 Å². The summed E-state index contributed by atoms with van der Waals surface area (Å²) in [6.07, 6.45) is 22.4. The highest BCUT2D eigenvalue weighted by molar-refractivity contribution is 7.46. The molecule has 0 aromatic carbocycles. The Morgan fingerprint density at radius 2 is 1.45 bits per heavy atom. The van der Waals surface area contributed by atoms with Gasteiger partial charge in [0, 0.05) is 31.1 Å². The summed E-state index contributed by atoms with van der Waals surface area (Å²) < 4.78 is 26.3. The number of phosphoric ester groups is 1. The van der Waals surface area contributed by atoms with Gasteiger partial charge in [0.1, 0.15) is 12.4 Å². The van der Waals surface area contributed by atoms with Crippen molar-refractivity contribution in [3.8, 4) is 0 Å². The largest absolute Gasteiger partial charge is 0.469 e. The van der Waals surface area contributed by atoms with Gasteiger partial charge >= 0.3 is 19.8 Å². The highest BCUT2D eigenvalue weighted by Crippen LogP contribution is 2.36. The third kappa shape index (κ3) is 24.0.